The van der Waals surface area contributed by atoms with Crippen molar-refractivity contribution in [1.29, 1.82) is 0 Å². The largest absolute Gasteiger partial charge is 0.476 e. The van der Waals surface area contributed by atoms with Gasteiger partial charge in [-0.3, -0.25) is 0 Å². The second-order valence-corrected chi connectivity index (χ2v) is 7.29. The van der Waals surface area contributed by atoms with Gasteiger partial charge in [0, 0.05) is 6.04 Å². The van der Waals surface area contributed by atoms with Crippen LogP contribution in [0.5, 0.6) is 0 Å². The van der Waals surface area contributed by atoms with E-state index in [1.807, 2.05) is 0 Å². The number of carboxylic acids is 1. The van der Waals surface area contributed by atoms with Crippen molar-refractivity contribution < 1.29 is 18.3 Å². The van der Waals surface area contributed by atoms with E-state index >= 15 is 0 Å². The lowest BCUT2D eigenvalue weighted by Gasteiger charge is -2.11. The van der Waals surface area contributed by atoms with E-state index < -0.39 is 21.7 Å². The minimum absolute atomic E-state index is 0.103. The van der Waals surface area contributed by atoms with Gasteiger partial charge >= 0.3 is 5.97 Å². The smallest absolute Gasteiger partial charge is 0.356 e. The number of sulfonamides is 1. The molecule has 100 valence electrons. The van der Waals surface area contributed by atoms with Crippen molar-refractivity contribution in [2.75, 3.05) is 0 Å². The average Bonchev–Trinajstić information content (AvgIpc) is 2.86. The summed E-state index contributed by atoms with van der Waals surface area (Å²) in [7, 11) is -3.77. The predicted molar refractivity (Wildman–Crippen MR) is 66.2 cm³/mol. The highest BCUT2D eigenvalue weighted by molar-refractivity contribution is 7.91. The van der Waals surface area contributed by atoms with E-state index in [4.69, 9.17) is 5.11 Å². The van der Waals surface area contributed by atoms with Crippen LogP contribution in [0.25, 0.3) is 0 Å². The van der Waals surface area contributed by atoms with Gasteiger partial charge < -0.3 is 5.11 Å². The summed E-state index contributed by atoms with van der Waals surface area (Å²) in [5.74, 6) is -0.825. The van der Waals surface area contributed by atoms with Gasteiger partial charge in [0.1, 0.15) is 0 Å². The first-order valence-corrected chi connectivity index (χ1v) is 7.95. The van der Waals surface area contributed by atoms with Crippen molar-refractivity contribution in [2.24, 2.45) is 5.92 Å². The second-order valence-electron chi connectivity index (χ2n) is 4.53. The summed E-state index contributed by atoms with van der Waals surface area (Å²) >= 11 is 0.827. The van der Waals surface area contributed by atoms with Crippen LogP contribution in [0.15, 0.2) is 9.72 Å². The Bertz CT molecular complexity index is 552. The number of thiazole rings is 1. The van der Waals surface area contributed by atoms with Gasteiger partial charge in [-0.2, -0.15) is 0 Å². The van der Waals surface area contributed by atoms with E-state index in [0.29, 0.717) is 5.92 Å². The molecule has 1 heterocycles. The molecule has 2 unspecified atom stereocenters. The quantitative estimate of drug-likeness (QED) is 0.871. The monoisotopic (exact) mass is 290 g/mol. The van der Waals surface area contributed by atoms with Gasteiger partial charge in [-0.05, 0) is 25.2 Å². The van der Waals surface area contributed by atoms with Crippen LogP contribution in [-0.2, 0) is 10.0 Å². The molecule has 18 heavy (non-hydrogen) atoms. The number of aromatic carboxylic acids is 1. The molecule has 2 atom stereocenters. The Hall–Kier alpha value is -0.990. The second kappa shape index (κ2) is 4.94. The number of rotatable bonds is 4. The number of carbonyl (C=O) groups is 1. The molecule has 1 aliphatic carbocycles. The van der Waals surface area contributed by atoms with Crippen molar-refractivity contribution in [3.8, 4) is 0 Å². The Balaban J connectivity index is 2.20. The molecular weight excluding hydrogens is 276 g/mol. The third-order valence-electron chi connectivity index (χ3n) is 3.00. The number of carboxylic acid groups (broad SMARTS) is 1. The average molecular weight is 290 g/mol. The van der Waals surface area contributed by atoms with Crippen LogP contribution in [0.4, 0.5) is 0 Å². The Kier molecular flexibility index (Phi) is 3.69. The first-order chi connectivity index (χ1) is 8.40. The molecular formula is C10H14N2O4S2. The van der Waals surface area contributed by atoms with Crippen LogP contribution in [0.3, 0.4) is 0 Å². The van der Waals surface area contributed by atoms with Crippen molar-refractivity contribution in [3.63, 3.8) is 0 Å². The highest BCUT2D eigenvalue weighted by Crippen LogP contribution is 2.27. The molecule has 8 heteroatoms. The summed E-state index contributed by atoms with van der Waals surface area (Å²) < 4.78 is 26.5. The lowest BCUT2D eigenvalue weighted by Crippen LogP contribution is -2.33. The summed E-state index contributed by atoms with van der Waals surface area (Å²) in [5.41, 5.74) is 0.827. The predicted octanol–water partition coefficient (Wildman–Crippen LogP) is 1.31. The first kappa shape index (κ1) is 13.4. The highest BCUT2D eigenvalue weighted by Gasteiger charge is 2.30. The van der Waals surface area contributed by atoms with Crippen LogP contribution < -0.4 is 4.72 Å². The Labute approximate surface area is 109 Å². The summed E-state index contributed by atoms with van der Waals surface area (Å²) in [5, 5.41) is 8.87. The molecule has 0 aromatic carbocycles. The summed E-state index contributed by atoms with van der Waals surface area (Å²) in [6.07, 6.45) is 2.57. The molecule has 0 radical (unpaired) electrons. The molecule has 0 spiro atoms. The molecule has 0 saturated heterocycles. The molecule has 2 N–H and O–H groups in total. The normalized spacial score (nSPS) is 24.3. The van der Waals surface area contributed by atoms with Crippen molar-refractivity contribution in [1.82, 2.24) is 9.71 Å². The number of hydrogen-bond donors (Lipinski definition) is 2. The molecule has 1 aromatic heterocycles. The van der Waals surface area contributed by atoms with E-state index in [9.17, 15) is 13.2 Å². The van der Waals surface area contributed by atoms with Gasteiger partial charge in [0.15, 0.2) is 9.90 Å². The fourth-order valence-corrected chi connectivity index (χ4v) is 4.60. The summed E-state index contributed by atoms with van der Waals surface area (Å²) in [4.78, 5) is 14.4. The summed E-state index contributed by atoms with van der Waals surface area (Å²) in [6, 6.07) is -0.103. The number of hydrogen-bond acceptors (Lipinski definition) is 5. The lowest BCUT2D eigenvalue weighted by atomic mass is 10.1. The zero-order chi connectivity index (χ0) is 13.3. The van der Waals surface area contributed by atoms with Gasteiger partial charge in [0.2, 0.25) is 0 Å². The Morgan fingerprint density at radius 2 is 2.28 bits per heavy atom. The number of nitrogens with one attached hydrogen (secondary N) is 1. The summed E-state index contributed by atoms with van der Waals surface area (Å²) in [6.45, 7) is 2.07. The Morgan fingerprint density at radius 3 is 2.83 bits per heavy atom. The van der Waals surface area contributed by atoms with E-state index in [-0.39, 0.29) is 10.3 Å². The Morgan fingerprint density at radius 1 is 1.56 bits per heavy atom. The topological polar surface area (TPSA) is 96.4 Å². The zero-order valence-corrected chi connectivity index (χ0v) is 11.4. The first-order valence-electron chi connectivity index (χ1n) is 5.59. The van der Waals surface area contributed by atoms with Gasteiger partial charge in [-0.25, -0.2) is 22.9 Å². The maximum Gasteiger partial charge on any atom is 0.356 e. The molecule has 1 aliphatic rings. The SMILES string of the molecule is CC1CCC(NS(=O)(=O)c2scnc2C(=O)O)C1. The van der Waals surface area contributed by atoms with Gasteiger partial charge in [-0.15, -0.1) is 11.3 Å². The third kappa shape index (κ3) is 2.70. The molecule has 0 amide bonds. The van der Waals surface area contributed by atoms with Crippen molar-refractivity contribution >= 4 is 27.3 Å². The molecule has 0 aliphatic heterocycles. The maximum absolute atomic E-state index is 12.1. The molecule has 2 rings (SSSR count). The van der Waals surface area contributed by atoms with E-state index in [1.54, 1.807) is 0 Å². The van der Waals surface area contributed by atoms with E-state index in [1.165, 1.54) is 5.51 Å². The fourth-order valence-electron chi connectivity index (χ4n) is 2.16. The molecule has 1 aromatic rings. The zero-order valence-electron chi connectivity index (χ0n) is 9.79. The van der Waals surface area contributed by atoms with Crippen LogP contribution in [0.1, 0.15) is 36.7 Å². The number of aromatic nitrogens is 1. The minimum atomic E-state index is -3.77. The van der Waals surface area contributed by atoms with Gasteiger partial charge in [0.05, 0.1) is 5.51 Å². The minimum Gasteiger partial charge on any atom is -0.476 e. The molecule has 1 fully saturated rings. The van der Waals surface area contributed by atoms with Gasteiger partial charge in [-0.1, -0.05) is 6.92 Å². The highest BCUT2D eigenvalue weighted by atomic mass is 32.2. The number of nitrogens with zero attached hydrogens (tertiary/aromatic N) is 1. The van der Waals surface area contributed by atoms with E-state index in [2.05, 4.69) is 16.6 Å². The third-order valence-corrected chi connectivity index (χ3v) is 5.89. The molecule has 6 nitrogen and oxygen atoms in total. The standard InChI is InChI=1S/C10H14N2O4S2/c1-6-2-3-7(4-6)12-18(15,16)10-8(9(13)14)11-5-17-10/h5-7,12H,2-4H2,1H3,(H,13,14). The molecule has 0 bridgehead atoms. The van der Waals surface area contributed by atoms with Crippen LogP contribution in [-0.4, -0.2) is 30.5 Å². The van der Waals surface area contributed by atoms with Crippen LogP contribution in [0, 0.1) is 5.92 Å². The van der Waals surface area contributed by atoms with Crippen molar-refractivity contribution in [2.45, 2.75) is 36.4 Å². The van der Waals surface area contributed by atoms with Gasteiger partial charge in [0.25, 0.3) is 10.0 Å². The fraction of sp³-hybridized carbons (Fsp3) is 0.600. The van der Waals surface area contributed by atoms with Crippen LogP contribution in [0.2, 0.25) is 0 Å². The van der Waals surface area contributed by atoms with E-state index in [0.717, 1.165) is 30.6 Å². The van der Waals surface area contributed by atoms with Crippen molar-refractivity contribution in [3.05, 3.63) is 11.2 Å². The maximum atomic E-state index is 12.1. The molecule has 1 saturated carbocycles. The lowest BCUT2D eigenvalue weighted by molar-refractivity contribution is 0.0687. The van der Waals surface area contributed by atoms with Crippen LogP contribution >= 0.6 is 11.3 Å².